The zero-order chi connectivity index (χ0) is 11.8. The number of nitrogens with one attached hydrogen (secondary N) is 2. The lowest BCUT2D eigenvalue weighted by Gasteiger charge is -2.10. The van der Waals surface area contributed by atoms with Crippen LogP contribution in [0.2, 0.25) is 0 Å². The fourth-order valence-electron chi connectivity index (χ4n) is 1.33. The van der Waals surface area contributed by atoms with Gasteiger partial charge in [-0.1, -0.05) is 0 Å². The molecule has 1 heterocycles. The molecule has 5 heteroatoms. The Morgan fingerprint density at radius 1 is 1.19 bits per heavy atom. The van der Waals surface area contributed by atoms with E-state index < -0.39 is 0 Å². The van der Waals surface area contributed by atoms with Gasteiger partial charge >= 0.3 is 0 Å². The van der Waals surface area contributed by atoms with Crippen molar-refractivity contribution in [2.45, 2.75) is 13.3 Å². The third-order valence-electron chi connectivity index (χ3n) is 2.08. The molecule has 0 amide bonds. The summed E-state index contributed by atoms with van der Waals surface area (Å²) >= 11 is 0. The van der Waals surface area contributed by atoms with Crippen molar-refractivity contribution in [3.05, 3.63) is 12.4 Å². The first-order valence-corrected chi connectivity index (χ1v) is 5.67. The molecule has 0 fully saturated rings. The minimum atomic E-state index is 0.820. The van der Waals surface area contributed by atoms with Crippen LogP contribution in [0.5, 0.6) is 0 Å². The van der Waals surface area contributed by atoms with Crippen LogP contribution in [0.25, 0.3) is 0 Å². The molecule has 1 rings (SSSR count). The number of hydrogen-bond acceptors (Lipinski definition) is 5. The van der Waals surface area contributed by atoms with Gasteiger partial charge in [-0.3, -0.25) is 4.98 Å². The predicted octanol–water partition coefficient (Wildman–Crippen LogP) is 1.27. The Morgan fingerprint density at radius 3 is 2.50 bits per heavy atom. The average Bonchev–Trinajstić information content (AvgIpc) is 2.25. The van der Waals surface area contributed by atoms with Gasteiger partial charge in [0.1, 0.15) is 11.6 Å². The summed E-state index contributed by atoms with van der Waals surface area (Å²) in [6.45, 7) is 4.90. The standard InChI is InChI=1S/C11H21N5/c1-4-13-10-8-12-9-11(15-10)14-6-5-7-16(2)3/h8-9H,4-7H2,1-3H3,(H2,13,14,15). The van der Waals surface area contributed by atoms with Gasteiger partial charge in [0, 0.05) is 13.1 Å². The van der Waals surface area contributed by atoms with Crippen LogP contribution >= 0.6 is 0 Å². The molecule has 0 aliphatic heterocycles. The first-order chi connectivity index (χ1) is 7.72. The molecule has 0 atom stereocenters. The van der Waals surface area contributed by atoms with Crippen LogP contribution in [0.1, 0.15) is 13.3 Å². The van der Waals surface area contributed by atoms with Crippen molar-refractivity contribution in [3.63, 3.8) is 0 Å². The molecule has 0 unspecified atom stereocenters. The molecule has 0 aliphatic carbocycles. The van der Waals surface area contributed by atoms with E-state index in [1.165, 1.54) is 0 Å². The molecular formula is C11H21N5. The highest BCUT2D eigenvalue weighted by molar-refractivity contribution is 5.41. The fraction of sp³-hybridized carbons (Fsp3) is 0.636. The van der Waals surface area contributed by atoms with Crippen LogP contribution in [0.3, 0.4) is 0 Å². The second-order valence-electron chi connectivity index (χ2n) is 3.90. The molecule has 0 radical (unpaired) electrons. The topological polar surface area (TPSA) is 53.1 Å². The quantitative estimate of drug-likeness (QED) is 0.682. The van der Waals surface area contributed by atoms with E-state index >= 15 is 0 Å². The lowest BCUT2D eigenvalue weighted by atomic mass is 10.4. The maximum absolute atomic E-state index is 4.38. The Kier molecular flexibility index (Phi) is 5.56. The zero-order valence-electron chi connectivity index (χ0n) is 10.3. The molecule has 1 aromatic rings. The van der Waals surface area contributed by atoms with Crippen molar-refractivity contribution in [3.8, 4) is 0 Å². The van der Waals surface area contributed by atoms with E-state index in [0.29, 0.717) is 0 Å². The van der Waals surface area contributed by atoms with Gasteiger partial charge in [-0.15, -0.1) is 0 Å². The van der Waals surface area contributed by atoms with Crippen LogP contribution in [0, 0.1) is 0 Å². The summed E-state index contributed by atoms with van der Waals surface area (Å²) in [7, 11) is 4.15. The fourth-order valence-corrected chi connectivity index (χ4v) is 1.33. The minimum Gasteiger partial charge on any atom is -0.369 e. The van der Waals surface area contributed by atoms with E-state index in [-0.39, 0.29) is 0 Å². The van der Waals surface area contributed by atoms with Gasteiger partial charge in [-0.25, -0.2) is 4.98 Å². The van der Waals surface area contributed by atoms with Crippen LogP contribution in [0.15, 0.2) is 12.4 Å². The van der Waals surface area contributed by atoms with Crippen molar-refractivity contribution < 1.29 is 0 Å². The van der Waals surface area contributed by atoms with E-state index in [2.05, 4.69) is 39.6 Å². The van der Waals surface area contributed by atoms with Crippen molar-refractivity contribution in [1.29, 1.82) is 0 Å². The number of anilines is 2. The Labute approximate surface area is 97.3 Å². The van der Waals surface area contributed by atoms with Gasteiger partial charge in [-0.05, 0) is 34.0 Å². The Balaban J connectivity index is 2.33. The lowest BCUT2D eigenvalue weighted by Crippen LogP contribution is -2.16. The third kappa shape index (κ3) is 4.93. The predicted molar refractivity (Wildman–Crippen MR) is 67.9 cm³/mol. The van der Waals surface area contributed by atoms with Crippen molar-refractivity contribution in [2.75, 3.05) is 44.4 Å². The summed E-state index contributed by atoms with van der Waals surface area (Å²) < 4.78 is 0. The normalized spacial score (nSPS) is 10.5. The zero-order valence-corrected chi connectivity index (χ0v) is 10.3. The number of nitrogens with zero attached hydrogens (tertiary/aromatic N) is 3. The monoisotopic (exact) mass is 223 g/mol. The second-order valence-corrected chi connectivity index (χ2v) is 3.90. The van der Waals surface area contributed by atoms with Gasteiger partial charge in [0.2, 0.25) is 0 Å². The summed E-state index contributed by atoms with van der Waals surface area (Å²) in [5, 5.41) is 6.39. The second kappa shape index (κ2) is 7.00. The van der Waals surface area contributed by atoms with Gasteiger partial charge in [0.05, 0.1) is 12.4 Å². The number of hydrogen-bond donors (Lipinski definition) is 2. The van der Waals surface area contributed by atoms with Gasteiger partial charge < -0.3 is 15.5 Å². The highest BCUT2D eigenvalue weighted by Gasteiger charge is 1.97. The van der Waals surface area contributed by atoms with Gasteiger partial charge in [0.25, 0.3) is 0 Å². The lowest BCUT2D eigenvalue weighted by molar-refractivity contribution is 0.405. The van der Waals surface area contributed by atoms with E-state index in [1.807, 2.05) is 6.92 Å². The van der Waals surface area contributed by atoms with E-state index in [4.69, 9.17) is 0 Å². The summed E-state index contributed by atoms with van der Waals surface area (Å²) in [6.07, 6.45) is 4.57. The molecule has 2 N–H and O–H groups in total. The molecule has 90 valence electrons. The Morgan fingerprint density at radius 2 is 1.88 bits per heavy atom. The SMILES string of the molecule is CCNc1cncc(NCCCN(C)C)n1. The van der Waals surface area contributed by atoms with E-state index in [1.54, 1.807) is 12.4 Å². The van der Waals surface area contributed by atoms with E-state index in [9.17, 15) is 0 Å². The number of rotatable bonds is 7. The third-order valence-corrected chi connectivity index (χ3v) is 2.08. The largest absolute Gasteiger partial charge is 0.369 e. The Hall–Kier alpha value is -1.36. The molecule has 0 saturated carbocycles. The smallest absolute Gasteiger partial charge is 0.146 e. The van der Waals surface area contributed by atoms with Crippen molar-refractivity contribution >= 4 is 11.6 Å². The highest BCUT2D eigenvalue weighted by Crippen LogP contribution is 2.05. The summed E-state index contributed by atoms with van der Waals surface area (Å²) in [6, 6.07) is 0. The highest BCUT2D eigenvalue weighted by atomic mass is 15.1. The molecule has 0 aromatic carbocycles. The van der Waals surface area contributed by atoms with Crippen molar-refractivity contribution in [1.82, 2.24) is 14.9 Å². The summed E-state index contributed by atoms with van der Waals surface area (Å²) in [5.41, 5.74) is 0. The maximum atomic E-state index is 4.38. The molecule has 0 bridgehead atoms. The molecule has 16 heavy (non-hydrogen) atoms. The summed E-state index contributed by atoms with van der Waals surface area (Å²) in [5.74, 6) is 1.65. The van der Waals surface area contributed by atoms with Crippen LogP contribution in [-0.2, 0) is 0 Å². The molecule has 0 saturated heterocycles. The van der Waals surface area contributed by atoms with E-state index in [0.717, 1.165) is 37.7 Å². The molecule has 1 aromatic heterocycles. The van der Waals surface area contributed by atoms with Crippen LogP contribution < -0.4 is 10.6 Å². The van der Waals surface area contributed by atoms with Gasteiger partial charge in [-0.2, -0.15) is 0 Å². The minimum absolute atomic E-state index is 0.820. The van der Waals surface area contributed by atoms with Crippen LogP contribution in [-0.4, -0.2) is 48.6 Å². The molecule has 5 nitrogen and oxygen atoms in total. The average molecular weight is 223 g/mol. The molecule has 0 spiro atoms. The number of aromatic nitrogens is 2. The van der Waals surface area contributed by atoms with Gasteiger partial charge in [0.15, 0.2) is 0 Å². The first-order valence-electron chi connectivity index (χ1n) is 5.67. The first kappa shape index (κ1) is 12.7. The Bertz CT molecular complexity index is 300. The maximum Gasteiger partial charge on any atom is 0.146 e. The van der Waals surface area contributed by atoms with Crippen molar-refractivity contribution in [2.24, 2.45) is 0 Å². The summed E-state index contributed by atoms with van der Waals surface area (Å²) in [4.78, 5) is 10.7. The van der Waals surface area contributed by atoms with Crippen LogP contribution in [0.4, 0.5) is 11.6 Å². The molecular weight excluding hydrogens is 202 g/mol. The molecule has 0 aliphatic rings.